The molecule has 1 heterocycles. The number of nitrogens with one attached hydrogen (secondary N) is 2. The molecule has 0 saturated heterocycles. The fourth-order valence-electron chi connectivity index (χ4n) is 2.13. The Balaban J connectivity index is 2.03. The minimum atomic E-state index is 0.669. The number of guanidine groups is 1. The van der Waals surface area contributed by atoms with Gasteiger partial charge in [0.05, 0.1) is 13.1 Å². The minimum absolute atomic E-state index is 0.669. The first-order valence-corrected chi connectivity index (χ1v) is 9.73. The molecule has 0 aliphatic rings. The van der Waals surface area contributed by atoms with Gasteiger partial charge in [-0.3, -0.25) is 0 Å². The van der Waals surface area contributed by atoms with Crippen molar-refractivity contribution in [2.45, 2.75) is 38.8 Å². The molecule has 0 unspecified atom stereocenters. The van der Waals surface area contributed by atoms with E-state index >= 15 is 0 Å². The molecule has 0 aliphatic carbocycles. The number of thioether (sulfide) groups is 1. The van der Waals surface area contributed by atoms with Crippen molar-refractivity contribution in [1.29, 1.82) is 0 Å². The Morgan fingerprint density at radius 1 is 1.30 bits per heavy atom. The Kier molecular flexibility index (Phi) is 6.92. The topological polar surface area (TPSA) is 49.3 Å². The molecular weight excluding hydrogens is 324 g/mol. The van der Waals surface area contributed by atoms with Gasteiger partial charge in [0.2, 0.25) is 0 Å². The number of aromatic nitrogens is 1. The van der Waals surface area contributed by atoms with Crippen LogP contribution in [0.1, 0.15) is 27.9 Å². The normalized spacial score (nSPS) is 11.6. The lowest BCUT2D eigenvalue weighted by atomic mass is 10.1. The summed E-state index contributed by atoms with van der Waals surface area (Å²) in [5.74, 6) is 0.827. The number of hydrogen-bond acceptors (Lipinski definition) is 4. The van der Waals surface area contributed by atoms with E-state index in [9.17, 15) is 0 Å². The van der Waals surface area contributed by atoms with E-state index in [1.54, 1.807) is 23.1 Å². The third-order valence-electron chi connectivity index (χ3n) is 3.27. The average molecular weight is 349 g/mol. The zero-order valence-electron chi connectivity index (χ0n) is 14.1. The molecule has 1 aromatic carbocycles. The van der Waals surface area contributed by atoms with Crippen LogP contribution in [0.3, 0.4) is 0 Å². The van der Waals surface area contributed by atoms with E-state index in [4.69, 9.17) is 4.99 Å². The number of nitrogens with zero attached hydrogens (tertiary/aromatic N) is 2. The number of aliphatic imine (C=N–C) groups is 1. The molecule has 2 rings (SSSR count). The first kappa shape index (κ1) is 17.8. The van der Waals surface area contributed by atoms with Crippen molar-refractivity contribution in [3.8, 4) is 0 Å². The molecule has 0 fully saturated rings. The van der Waals surface area contributed by atoms with E-state index in [-0.39, 0.29) is 0 Å². The van der Waals surface area contributed by atoms with E-state index in [0.717, 1.165) is 17.5 Å². The second-order valence-corrected chi connectivity index (χ2v) is 7.40. The summed E-state index contributed by atoms with van der Waals surface area (Å²) >= 11 is 3.48. The Hall–Kier alpha value is -1.53. The Bertz CT molecular complexity index is 664. The largest absolute Gasteiger partial charge is 0.357 e. The van der Waals surface area contributed by atoms with Crippen LogP contribution in [0.2, 0.25) is 0 Å². The molecule has 0 bridgehead atoms. The maximum absolute atomic E-state index is 4.70. The number of benzene rings is 1. The smallest absolute Gasteiger partial charge is 0.191 e. The second-order valence-electron chi connectivity index (χ2n) is 5.23. The Morgan fingerprint density at radius 3 is 2.78 bits per heavy atom. The standard InChI is InChI=1S/C17H24N4S2/c1-5-18-17(21-11-16-19-9-13(3)23-16)20-10-14-7-6-12(2)8-15(14)22-4/h6-9H,5,10-11H2,1-4H3,(H2,18,20,21). The lowest BCUT2D eigenvalue weighted by molar-refractivity contribution is 0.809. The first-order chi connectivity index (χ1) is 11.1. The van der Waals surface area contributed by atoms with Gasteiger partial charge in [-0.15, -0.1) is 23.1 Å². The van der Waals surface area contributed by atoms with E-state index in [1.165, 1.54) is 20.9 Å². The summed E-state index contributed by atoms with van der Waals surface area (Å²) in [5, 5.41) is 7.71. The van der Waals surface area contributed by atoms with Gasteiger partial charge in [-0.2, -0.15) is 0 Å². The van der Waals surface area contributed by atoms with Gasteiger partial charge in [-0.25, -0.2) is 9.98 Å². The molecule has 0 spiro atoms. The highest BCUT2D eigenvalue weighted by atomic mass is 32.2. The van der Waals surface area contributed by atoms with Gasteiger partial charge in [0, 0.05) is 22.5 Å². The molecule has 4 nitrogen and oxygen atoms in total. The molecule has 0 saturated carbocycles. The van der Waals surface area contributed by atoms with Gasteiger partial charge >= 0.3 is 0 Å². The van der Waals surface area contributed by atoms with Gasteiger partial charge < -0.3 is 10.6 Å². The van der Waals surface area contributed by atoms with E-state index < -0.39 is 0 Å². The van der Waals surface area contributed by atoms with E-state index in [1.807, 2.05) is 6.20 Å². The summed E-state index contributed by atoms with van der Waals surface area (Å²) in [6, 6.07) is 6.52. The van der Waals surface area contributed by atoms with Crippen molar-refractivity contribution in [2.75, 3.05) is 12.8 Å². The number of thiazole rings is 1. The van der Waals surface area contributed by atoms with Gasteiger partial charge in [-0.1, -0.05) is 12.1 Å². The predicted octanol–water partition coefficient (Wildman–Crippen LogP) is 3.74. The SMILES string of the molecule is CCNC(=NCc1ccc(C)cc1SC)NCc1ncc(C)s1. The lowest BCUT2D eigenvalue weighted by Crippen LogP contribution is -2.36. The molecule has 0 radical (unpaired) electrons. The first-order valence-electron chi connectivity index (χ1n) is 7.69. The number of hydrogen-bond donors (Lipinski definition) is 2. The molecule has 1 aromatic heterocycles. The summed E-state index contributed by atoms with van der Waals surface area (Å²) in [4.78, 5) is 11.6. The number of rotatable bonds is 6. The monoisotopic (exact) mass is 348 g/mol. The van der Waals surface area contributed by atoms with Gasteiger partial charge in [-0.05, 0) is 44.2 Å². The molecule has 0 aliphatic heterocycles. The second kappa shape index (κ2) is 8.93. The van der Waals surface area contributed by atoms with Crippen molar-refractivity contribution in [1.82, 2.24) is 15.6 Å². The van der Waals surface area contributed by atoms with Crippen LogP contribution in [0.5, 0.6) is 0 Å². The van der Waals surface area contributed by atoms with Gasteiger partial charge in [0.25, 0.3) is 0 Å². The highest BCUT2D eigenvalue weighted by molar-refractivity contribution is 7.98. The maximum atomic E-state index is 4.70. The molecule has 2 N–H and O–H groups in total. The molecular formula is C17H24N4S2. The summed E-state index contributed by atoms with van der Waals surface area (Å²) in [5.41, 5.74) is 2.54. The fourth-order valence-corrected chi connectivity index (χ4v) is 3.56. The Morgan fingerprint density at radius 2 is 2.13 bits per heavy atom. The van der Waals surface area contributed by atoms with Crippen molar-refractivity contribution in [3.63, 3.8) is 0 Å². The van der Waals surface area contributed by atoms with Crippen molar-refractivity contribution in [2.24, 2.45) is 4.99 Å². The van der Waals surface area contributed by atoms with Crippen molar-refractivity contribution >= 4 is 29.1 Å². The molecule has 124 valence electrons. The fraction of sp³-hybridized carbons (Fsp3) is 0.412. The number of aryl methyl sites for hydroxylation is 2. The van der Waals surface area contributed by atoms with Crippen LogP contribution in [0, 0.1) is 13.8 Å². The van der Waals surface area contributed by atoms with Crippen LogP contribution >= 0.6 is 23.1 Å². The summed E-state index contributed by atoms with van der Waals surface area (Å²) < 4.78 is 0. The van der Waals surface area contributed by atoms with Crippen molar-refractivity contribution < 1.29 is 0 Å². The quantitative estimate of drug-likeness (QED) is 0.474. The van der Waals surface area contributed by atoms with Crippen LogP contribution in [-0.2, 0) is 13.1 Å². The highest BCUT2D eigenvalue weighted by Gasteiger charge is 2.04. The lowest BCUT2D eigenvalue weighted by Gasteiger charge is -2.11. The van der Waals surface area contributed by atoms with E-state index in [0.29, 0.717) is 13.1 Å². The maximum Gasteiger partial charge on any atom is 0.191 e. The third-order valence-corrected chi connectivity index (χ3v) is 5.00. The van der Waals surface area contributed by atoms with Crippen LogP contribution < -0.4 is 10.6 Å². The van der Waals surface area contributed by atoms with Crippen LogP contribution in [-0.4, -0.2) is 23.7 Å². The third kappa shape index (κ3) is 5.55. The zero-order valence-corrected chi connectivity index (χ0v) is 15.8. The summed E-state index contributed by atoms with van der Waals surface area (Å²) in [6.07, 6.45) is 4.01. The average Bonchev–Trinajstić information content (AvgIpc) is 2.96. The van der Waals surface area contributed by atoms with Gasteiger partial charge in [0.15, 0.2) is 5.96 Å². The van der Waals surface area contributed by atoms with Crippen LogP contribution in [0.25, 0.3) is 0 Å². The zero-order chi connectivity index (χ0) is 16.7. The summed E-state index contributed by atoms with van der Waals surface area (Å²) in [7, 11) is 0. The van der Waals surface area contributed by atoms with Crippen molar-refractivity contribution in [3.05, 3.63) is 45.4 Å². The molecule has 6 heteroatoms. The molecule has 0 atom stereocenters. The summed E-state index contributed by atoms with van der Waals surface area (Å²) in [6.45, 7) is 8.47. The predicted molar refractivity (Wildman–Crippen MR) is 101 cm³/mol. The highest BCUT2D eigenvalue weighted by Crippen LogP contribution is 2.22. The van der Waals surface area contributed by atoms with Gasteiger partial charge in [0.1, 0.15) is 5.01 Å². The molecule has 2 aromatic rings. The Labute approximate surface area is 146 Å². The molecule has 23 heavy (non-hydrogen) atoms. The van der Waals surface area contributed by atoms with Crippen LogP contribution in [0.15, 0.2) is 34.3 Å². The molecule has 0 amide bonds. The van der Waals surface area contributed by atoms with Crippen LogP contribution in [0.4, 0.5) is 0 Å². The minimum Gasteiger partial charge on any atom is -0.357 e. The van der Waals surface area contributed by atoms with E-state index in [2.05, 4.69) is 60.8 Å².